The first kappa shape index (κ1) is 10.3. The number of hydrogen-bond donors (Lipinski definition) is 1. The number of primary amides is 1. The Labute approximate surface area is 84.1 Å². The molecule has 0 saturated heterocycles. The zero-order valence-electron chi connectivity index (χ0n) is 8.37. The Morgan fingerprint density at radius 3 is 2.50 bits per heavy atom. The first-order valence-electron chi connectivity index (χ1n) is 4.36. The molecule has 0 bridgehead atoms. The maximum Gasteiger partial charge on any atom is 0.227 e. The van der Waals surface area contributed by atoms with E-state index in [4.69, 9.17) is 12.2 Å². The fourth-order valence-corrected chi connectivity index (χ4v) is 1.29. The average molecular weight is 187 g/mol. The number of hydrogen-bond acceptors (Lipinski definition) is 1. The van der Waals surface area contributed by atoms with E-state index in [0.717, 1.165) is 11.1 Å². The predicted molar refractivity (Wildman–Crippen MR) is 56.6 cm³/mol. The molecule has 0 aliphatic heterocycles. The number of terminal acetylenes is 1. The Morgan fingerprint density at radius 2 is 2.00 bits per heavy atom. The Morgan fingerprint density at radius 1 is 1.43 bits per heavy atom. The fourth-order valence-electron chi connectivity index (χ4n) is 1.29. The summed E-state index contributed by atoms with van der Waals surface area (Å²) in [5, 5.41) is 0. The van der Waals surface area contributed by atoms with Gasteiger partial charge in [-0.2, -0.15) is 0 Å². The third kappa shape index (κ3) is 1.62. The standard InChI is InChI=1S/C12H13NO/c1-4-9-7-5-6-8-10(9)12(2,3)11(13)14/h1,5-8H,2-3H3,(H2,13,14). The SMILES string of the molecule is C#Cc1ccccc1C(C)(C)C(N)=O. The van der Waals surface area contributed by atoms with Crippen LogP contribution in [0.3, 0.4) is 0 Å². The van der Waals surface area contributed by atoms with E-state index >= 15 is 0 Å². The van der Waals surface area contributed by atoms with Crippen LogP contribution in [0.4, 0.5) is 0 Å². The first-order chi connectivity index (χ1) is 6.50. The molecule has 0 fully saturated rings. The molecule has 0 unspecified atom stereocenters. The number of amides is 1. The number of carbonyl (C=O) groups is 1. The summed E-state index contributed by atoms with van der Waals surface area (Å²) < 4.78 is 0. The fraction of sp³-hybridized carbons (Fsp3) is 0.250. The van der Waals surface area contributed by atoms with Crippen LogP contribution in [0, 0.1) is 12.3 Å². The van der Waals surface area contributed by atoms with Crippen molar-refractivity contribution < 1.29 is 4.79 Å². The lowest BCUT2D eigenvalue weighted by Crippen LogP contribution is -2.36. The molecule has 1 rings (SSSR count). The minimum absolute atomic E-state index is 0.375. The van der Waals surface area contributed by atoms with E-state index in [1.54, 1.807) is 19.9 Å². The summed E-state index contributed by atoms with van der Waals surface area (Å²) in [6.45, 7) is 3.54. The van der Waals surface area contributed by atoms with Gasteiger partial charge >= 0.3 is 0 Å². The molecule has 1 amide bonds. The van der Waals surface area contributed by atoms with Crippen LogP contribution in [0.25, 0.3) is 0 Å². The van der Waals surface area contributed by atoms with Gasteiger partial charge in [-0.1, -0.05) is 24.1 Å². The molecule has 1 aromatic carbocycles. The molecular weight excluding hydrogens is 174 g/mol. The average Bonchev–Trinajstić information content (AvgIpc) is 2.17. The molecule has 2 nitrogen and oxygen atoms in total. The molecule has 2 heteroatoms. The molecule has 2 N–H and O–H groups in total. The van der Waals surface area contributed by atoms with E-state index in [0.29, 0.717) is 0 Å². The lowest BCUT2D eigenvalue weighted by Gasteiger charge is -2.22. The molecule has 0 atom stereocenters. The smallest absolute Gasteiger partial charge is 0.227 e. The number of rotatable bonds is 2. The second kappa shape index (κ2) is 3.55. The highest BCUT2D eigenvalue weighted by Crippen LogP contribution is 2.25. The molecular formula is C12H13NO. The van der Waals surface area contributed by atoms with Crippen LogP contribution in [-0.4, -0.2) is 5.91 Å². The maximum absolute atomic E-state index is 11.2. The van der Waals surface area contributed by atoms with Gasteiger partial charge in [0.1, 0.15) is 0 Å². The molecule has 72 valence electrons. The van der Waals surface area contributed by atoms with E-state index < -0.39 is 5.41 Å². The summed E-state index contributed by atoms with van der Waals surface area (Å²) in [5.41, 5.74) is 6.12. The maximum atomic E-state index is 11.2. The summed E-state index contributed by atoms with van der Waals surface area (Å²) in [5.74, 6) is 2.17. The molecule has 0 aliphatic carbocycles. The molecule has 0 saturated carbocycles. The zero-order chi connectivity index (χ0) is 10.8. The molecule has 0 heterocycles. The highest BCUT2D eigenvalue weighted by Gasteiger charge is 2.28. The Bertz CT molecular complexity index is 399. The molecule has 1 aromatic rings. The molecule has 0 radical (unpaired) electrons. The van der Waals surface area contributed by atoms with Gasteiger partial charge in [-0.25, -0.2) is 0 Å². The van der Waals surface area contributed by atoms with Crippen molar-refractivity contribution in [1.82, 2.24) is 0 Å². The second-order valence-corrected chi connectivity index (χ2v) is 3.68. The number of nitrogens with two attached hydrogens (primary N) is 1. The quantitative estimate of drug-likeness (QED) is 0.699. The van der Waals surface area contributed by atoms with Crippen LogP contribution in [-0.2, 0) is 10.2 Å². The van der Waals surface area contributed by atoms with E-state index in [2.05, 4.69) is 5.92 Å². The van der Waals surface area contributed by atoms with Gasteiger partial charge in [-0.05, 0) is 25.5 Å². The van der Waals surface area contributed by atoms with Gasteiger partial charge in [0.2, 0.25) is 5.91 Å². The van der Waals surface area contributed by atoms with Crippen molar-refractivity contribution in [3.05, 3.63) is 35.4 Å². The van der Waals surface area contributed by atoms with Gasteiger partial charge < -0.3 is 5.73 Å². The van der Waals surface area contributed by atoms with Crippen LogP contribution >= 0.6 is 0 Å². The highest BCUT2D eigenvalue weighted by atomic mass is 16.1. The predicted octanol–water partition coefficient (Wildman–Crippen LogP) is 1.43. The van der Waals surface area contributed by atoms with Crippen molar-refractivity contribution >= 4 is 5.91 Å². The van der Waals surface area contributed by atoms with Gasteiger partial charge in [0, 0.05) is 5.56 Å². The summed E-state index contributed by atoms with van der Waals surface area (Å²) in [6, 6.07) is 7.33. The van der Waals surface area contributed by atoms with Crippen LogP contribution in [0.1, 0.15) is 25.0 Å². The Hall–Kier alpha value is -1.75. The molecule has 0 aliphatic rings. The van der Waals surface area contributed by atoms with Gasteiger partial charge in [0.05, 0.1) is 5.41 Å². The van der Waals surface area contributed by atoms with Crippen molar-refractivity contribution in [2.45, 2.75) is 19.3 Å². The van der Waals surface area contributed by atoms with Crippen LogP contribution in [0.5, 0.6) is 0 Å². The topological polar surface area (TPSA) is 43.1 Å². The largest absolute Gasteiger partial charge is 0.369 e. The summed E-state index contributed by atoms with van der Waals surface area (Å²) >= 11 is 0. The highest BCUT2D eigenvalue weighted by molar-refractivity contribution is 5.86. The first-order valence-corrected chi connectivity index (χ1v) is 4.36. The van der Waals surface area contributed by atoms with Crippen LogP contribution < -0.4 is 5.73 Å². The van der Waals surface area contributed by atoms with Gasteiger partial charge in [-0.3, -0.25) is 4.79 Å². The van der Waals surface area contributed by atoms with Crippen molar-refractivity contribution in [3.63, 3.8) is 0 Å². The lowest BCUT2D eigenvalue weighted by atomic mass is 9.81. The van der Waals surface area contributed by atoms with Crippen molar-refractivity contribution in [3.8, 4) is 12.3 Å². The van der Waals surface area contributed by atoms with E-state index in [1.165, 1.54) is 0 Å². The minimum atomic E-state index is -0.719. The Balaban J connectivity index is 3.33. The lowest BCUT2D eigenvalue weighted by molar-refractivity contribution is -0.122. The van der Waals surface area contributed by atoms with Crippen molar-refractivity contribution in [2.24, 2.45) is 5.73 Å². The second-order valence-electron chi connectivity index (χ2n) is 3.68. The minimum Gasteiger partial charge on any atom is -0.369 e. The monoisotopic (exact) mass is 187 g/mol. The number of benzene rings is 1. The van der Waals surface area contributed by atoms with Gasteiger partial charge in [0.15, 0.2) is 0 Å². The molecule has 14 heavy (non-hydrogen) atoms. The van der Waals surface area contributed by atoms with E-state index in [-0.39, 0.29) is 5.91 Å². The normalized spacial score (nSPS) is 10.6. The third-order valence-corrected chi connectivity index (χ3v) is 2.37. The van der Waals surface area contributed by atoms with Crippen molar-refractivity contribution in [1.29, 1.82) is 0 Å². The van der Waals surface area contributed by atoms with Crippen molar-refractivity contribution in [2.75, 3.05) is 0 Å². The Kier molecular flexibility index (Phi) is 2.62. The zero-order valence-corrected chi connectivity index (χ0v) is 8.37. The third-order valence-electron chi connectivity index (χ3n) is 2.37. The van der Waals surface area contributed by atoms with Crippen LogP contribution in [0.15, 0.2) is 24.3 Å². The van der Waals surface area contributed by atoms with Gasteiger partial charge in [-0.15, -0.1) is 6.42 Å². The molecule has 0 aromatic heterocycles. The summed E-state index contributed by atoms with van der Waals surface area (Å²) in [6.07, 6.45) is 5.35. The summed E-state index contributed by atoms with van der Waals surface area (Å²) in [4.78, 5) is 11.2. The summed E-state index contributed by atoms with van der Waals surface area (Å²) in [7, 11) is 0. The van der Waals surface area contributed by atoms with Gasteiger partial charge in [0.25, 0.3) is 0 Å². The molecule has 0 spiro atoms. The number of carbonyl (C=O) groups excluding carboxylic acids is 1. The van der Waals surface area contributed by atoms with Crippen LogP contribution in [0.2, 0.25) is 0 Å². The van der Waals surface area contributed by atoms with E-state index in [1.807, 2.05) is 18.2 Å². The van der Waals surface area contributed by atoms with E-state index in [9.17, 15) is 4.79 Å².